The Kier molecular flexibility index (Phi) is 5.07. The molecule has 2 rings (SSSR count). The number of aryl methyl sites for hydroxylation is 1. The summed E-state index contributed by atoms with van der Waals surface area (Å²) in [6.45, 7) is 8.81. The van der Waals surface area contributed by atoms with Crippen LogP contribution in [0, 0.1) is 0 Å². The van der Waals surface area contributed by atoms with Crippen molar-refractivity contribution in [3.63, 3.8) is 0 Å². The first kappa shape index (κ1) is 15.6. The zero-order valence-corrected chi connectivity index (χ0v) is 13.8. The first-order valence-electron chi connectivity index (χ1n) is 7.30. The van der Waals surface area contributed by atoms with Crippen LogP contribution in [-0.2, 0) is 6.42 Å². The number of hydrogen-bond donors (Lipinski definition) is 0. The minimum Gasteiger partial charge on any atom is -0.336 e. The van der Waals surface area contributed by atoms with Crippen LogP contribution in [0.25, 0.3) is 10.7 Å². The van der Waals surface area contributed by atoms with Crippen molar-refractivity contribution in [2.45, 2.75) is 40.2 Å². The minimum atomic E-state index is 0.0732. The van der Waals surface area contributed by atoms with Gasteiger partial charge in [-0.25, -0.2) is 4.98 Å². The van der Waals surface area contributed by atoms with Crippen LogP contribution in [0.2, 0.25) is 0 Å². The van der Waals surface area contributed by atoms with E-state index in [-0.39, 0.29) is 11.9 Å². The number of hydrogen-bond acceptors (Lipinski definition) is 4. The molecule has 2 heterocycles. The Morgan fingerprint density at radius 1 is 1.33 bits per heavy atom. The van der Waals surface area contributed by atoms with Gasteiger partial charge in [0.05, 0.1) is 11.4 Å². The van der Waals surface area contributed by atoms with Gasteiger partial charge >= 0.3 is 0 Å². The summed E-state index contributed by atoms with van der Waals surface area (Å²) in [6, 6.07) is 5.92. The second-order valence-electron chi connectivity index (χ2n) is 5.05. The Morgan fingerprint density at radius 3 is 2.62 bits per heavy atom. The van der Waals surface area contributed by atoms with E-state index >= 15 is 0 Å². The molecule has 0 spiro atoms. The molecule has 0 bridgehead atoms. The maximum atomic E-state index is 12.7. The van der Waals surface area contributed by atoms with Crippen LogP contribution in [-0.4, -0.2) is 33.4 Å². The molecule has 1 amide bonds. The van der Waals surface area contributed by atoms with Crippen LogP contribution in [0.5, 0.6) is 0 Å². The summed E-state index contributed by atoms with van der Waals surface area (Å²) in [5.41, 5.74) is 1.69. The van der Waals surface area contributed by atoms with Crippen molar-refractivity contribution in [1.82, 2.24) is 14.9 Å². The third-order valence-corrected chi connectivity index (χ3v) is 4.44. The van der Waals surface area contributed by atoms with Crippen molar-refractivity contribution in [2.75, 3.05) is 6.54 Å². The highest BCUT2D eigenvalue weighted by atomic mass is 32.1. The monoisotopic (exact) mass is 303 g/mol. The fraction of sp³-hybridized carbons (Fsp3) is 0.438. The van der Waals surface area contributed by atoms with Crippen LogP contribution in [0.15, 0.2) is 24.4 Å². The van der Waals surface area contributed by atoms with Crippen molar-refractivity contribution in [3.05, 3.63) is 35.0 Å². The Labute approximate surface area is 129 Å². The number of pyridine rings is 1. The molecule has 2 aromatic rings. The van der Waals surface area contributed by atoms with Gasteiger partial charge in [-0.2, -0.15) is 0 Å². The smallest absolute Gasteiger partial charge is 0.266 e. The van der Waals surface area contributed by atoms with Crippen LogP contribution < -0.4 is 0 Å². The molecule has 0 saturated heterocycles. The van der Waals surface area contributed by atoms with E-state index in [2.05, 4.69) is 9.97 Å². The highest BCUT2D eigenvalue weighted by molar-refractivity contribution is 7.17. The molecule has 112 valence electrons. The molecule has 0 unspecified atom stereocenters. The van der Waals surface area contributed by atoms with E-state index in [9.17, 15) is 4.79 Å². The molecule has 0 aliphatic heterocycles. The predicted octanol–water partition coefficient (Wildman–Crippen LogP) is 3.64. The zero-order chi connectivity index (χ0) is 15.4. The first-order valence-corrected chi connectivity index (χ1v) is 8.12. The van der Waals surface area contributed by atoms with Crippen LogP contribution in [0.1, 0.15) is 43.1 Å². The van der Waals surface area contributed by atoms with Crippen LogP contribution in [0.3, 0.4) is 0 Å². The Morgan fingerprint density at radius 2 is 2.10 bits per heavy atom. The van der Waals surface area contributed by atoms with E-state index < -0.39 is 0 Å². The van der Waals surface area contributed by atoms with Crippen molar-refractivity contribution in [2.24, 2.45) is 0 Å². The van der Waals surface area contributed by atoms with E-state index in [0.717, 1.165) is 27.7 Å². The number of carbonyl (C=O) groups excluding carboxylic acids is 1. The molecule has 0 aliphatic rings. The molecule has 2 aromatic heterocycles. The number of nitrogens with zero attached hydrogens (tertiary/aromatic N) is 3. The quantitative estimate of drug-likeness (QED) is 0.847. The molecule has 0 N–H and O–H groups in total. The van der Waals surface area contributed by atoms with E-state index in [1.807, 2.05) is 50.8 Å². The molecule has 0 saturated carbocycles. The number of carbonyl (C=O) groups is 1. The first-order chi connectivity index (χ1) is 10.1. The molecular weight excluding hydrogens is 282 g/mol. The average molecular weight is 303 g/mol. The summed E-state index contributed by atoms with van der Waals surface area (Å²) in [5, 5.41) is 0.815. The van der Waals surface area contributed by atoms with Crippen molar-refractivity contribution in [3.8, 4) is 10.7 Å². The van der Waals surface area contributed by atoms with Crippen molar-refractivity contribution < 1.29 is 4.79 Å². The summed E-state index contributed by atoms with van der Waals surface area (Å²) in [5.74, 6) is 0.0732. The molecule has 0 aromatic carbocycles. The largest absolute Gasteiger partial charge is 0.336 e. The van der Waals surface area contributed by atoms with E-state index in [0.29, 0.717) is 6.54 Å². The van der Waals surface area contributed by atoms with E-state index in [1.54, 1.807) is 6.20 Å². The normalized spacial score (nSPS) is 10.9. The third-order valence-electron chi connectivity index (χ3n) is 3.34. The minimum absolute atomic E-state index is 0.0732. The zero-order valence-electron chi connectivity index (χ0n) is 13.0. The van der Waals surface area contributed by atoms with Gasteiger partial charge in [-0.15, -0.1) is 11.3 Å². The molecule has 0 aliphatic carbocycles. The molecule has 4 nitrogen and oxygen atoms in total. The molecule has 0 fully saturated rings. The van der Waals surface area contributed by atoms with Crippen LogP contribution in [0.4, 0.5) is 0 Å². The van der Waals surface area contributed by atoms with Crippen molar-refractivity contribution in [1.29, 1.82) is 0 Å². The standard InChI is InChI=1S/C16H21N3OS/c1-5-12-14(16(20)19(6-2)11(3)4)21-15(18-12)13-9-7-8-10-17-13/h7-11H,5-6H2,1-4H3. The van der Waals surface area contributed by atoms with E-state index in [4.69, 9.17) is 0 Å². The van der Waals surface area contributed by atoms with Gasteiger partial charge in [-0.3, -0.25) is 9.78 Å². The topological polar surface area (TPSA) is 46.1 Å². The van der Waals surface area contributed by atoms with Gasteiger partial charge in [0.25, 0.3) is 5.91 Å². The number of aromatic nitrogens is 2. The van der Waals surface area contributed by atoms with Gasteiger partial charge in [0.15, 0.2) is 0 Å². The molecular formula is C16H21N3OS. The SMILES string of the molecule is CCc1nc(-c2ccccn2)sc1C(=O)N(CC)C(C)C. The highest BCUT2D eigenvalue weighted by Crippen LogP contribution is 2.28. The molecule has 0 atom stereocenters. The summed E-state index contributed by atoms with van der Waals surface area (Å²) in [6.07, 6.45) is 2.50. The Hall–Kier alpha value is -1.75. The lowest BCUT2D eigenvalue weighted by Gasteiger charge is -2.24. The van der Waals surface area contributed by atoms with Gasteiger partial charge in [-0.05, 0) is 39.3 Å². The van der Waals surface area contributed by atoms with Crippen molar-refractivity contribution >= 4 is 17.2 Å². The Balaban J connectivity index is 2.40. The lowest BCUT2D eigenvalue weighted by atomic mass is 10.2. The van der Waals surface area contributed by atoms with Gasteiger partial charge < -0.3 is 4.90 Å². The Bertz CT molecular complexity index is 607. The predicted molar refractivity (Wildman–Crippen MR) is 86.6 cm³/mol. The summed E-state index contributed by atoms with van der Waals surface area (Å²) in [4.78, 5) is 24.3. The third kappa shape index (κ3) is 3.29. The van der Waals surface area contributed by atoms with Gasteiger partial charge in [0.2, 0.25) is 0 Å². The van der Waals surface area contributed by atoms with Gasteiger partial charge in [0.1, 0.15) is 9.88 Å². The fourth-order valence-electron chi connectivity index (χ4n) is 2.23. The fourth-order valence-corrected chi connectivity index (χ4v) is 3.32. The van der Waals surface area contributed by atoms with Gasteiger partial charge in [-0.1, -0.05) is 13.0 Å². The molecule has 21 heavy (non-hydrogen) atoms. The average Bonchev–Trinajstić information content (AvgIpc) is 2.92. The molecule has 5 heteroatoms. The second kappa shape index (κ2) is 6.80. The van der Waals surface area contributed by atoms with Gasteiger partial charge in [0, 0.05) is 18.8 Å². The maximum Gasteiger partial charge on any atom is 0.266 e. The molecule has 0 radical (unpaired) electrons. The summed E-state index contributed by atoms with van der Waals surface area (Å²) in [7, 11) is 0. The van der Waals surface area contributed by atoms with E-state index in [1.165, 1.54) is 11.3 Å². The number of thiazole rings is 1. The van der Waals surface area contributed by atoms with Crippen LogP contribution >= 0.6 is 11.3 Å². The number of amides is 1. The number of rotatable bonds is 5. The summed E-state index contributed by atoms with van der Waals surface area (Å²) >= 11 is 1.44. The summed E-state index contributed by atoms with van der Waals surface area (Å²) < 4.78 is 0. The highest BCUT2D eigenvalue weighted by Gasteiger charge is 2.23. The second-order valence-corrected chi connectivity index (χ2v) is 6.05. The lowest BCUT2D eigenvalue weighted by molar-refractivity contribution is 0.0720. The maximum absolute atomic E-state index is 12.7. The lowest BCUT2D eigenvalue weighted by Crippen LogP contribution is -2.36.